The molecule has 118 valence electrons. The Hall–Kier alpha value is -1.25. The highest BCUT2D eigenvalue weighted by molar-refractivity contribution is 5.70. The van der Waals surface area contributed by atoms with Crippen LogP contribution in [-0.2, 0) is 28.5 Å². The second-order valence-electron chi connectivity index (χ2n) is 3.57. The van der Waals surface area contributed by atoms with Crippen LogP contribution in [0.3, 0.4) is 0 Å². The molecule has 0 amide bonds. The van der Waals surface area contributed by atoms with Crippen molar-refractivity contribution in [1.29, 1.82) is 0 Å². The van der Waals surface area contributed by atoms with Gasteiger partial charge in [0.05, 0.1) is 20.3 Å². The number of hydrogen-bond donors (Lipinski definition) is 0. The summed E-state index contributed by atoms with van der Waals surface area (Å²) in [5.74, 6) is -1.30. The van der Waals surface area contributed by atoms with Crippen LogP contribution in [0, 0.1) is 0 Å². The van der Waals surface area contributed by atoms with Crippen molar-refractivity contribution in [2.75, 3.05) is 40.8 Å². The van der Waals surface area contributed by atoms with E-state index in [1.54, 1.807) is 6.92 Å². The minimum Gasteiger partial charge on any atom is -0.467 e. The van der Waals surface area contributed by atoms with Crippen LogP contribution < -0.4 is 0 Å². The van der Waals surface area contributed by atoms with Crippen molar-refractivity contribution in [3.63, 3.8) is 0 Å². The van der Waals surface area contributed by atoms with Crippen molar-refractivity contribution in [1.82, 2.24) is 0 Å². The van der Waals surface area contributed by atoms with Crippen LogP contribution in [0.4, 0.5) is 8.78 Å². The molecule has 0 aliphatic rings. The highest BCUT2D eigenvalue weighted by Crippen LogP contribution is 2.19. The Morgan fingerprint density at radius 1 is 1.20 bits per heavy atom. The second-order valence-corrected chi connectivity index (χ2v) is 3.57. The quantitative estimate of drug-likeness (QED) is 0.250. The van der Waals surface area contributed by atoms with E-state index in [-0.39, 0.29) is 19.8 Å². The van der Waals surface area contributed by atoms with Gasteiger partial charge in [-0.15, -0.1) is 0 Å². The summed E-state index contributed by atoms with van der Waals surface area (Å²) >= 11 is 0. The maximum absolute atomic E-state index is 12.8. The number of ether oxygens (including phenoxy) is 5. The third-order valence-corrected chi connectivity index (χ3v) is 2.21. The summed E-state index contributed by atoms with van der Waals surface area (Å²) in [4.78, 5) is 10.9. The molecule has 0 aromatic carbocycles. The third kappa shape index (κ3) is 8.03. The fourth-order valence-corrected chi connectivity index (χ4v) is 1.18. The van der Waals surface area contributed by atoms with E-state index in [0.29, 0.717) is 6.61 Å². The zero-order valence-electron chi connectivity index (χ0n) is 11.8. The molecule has 0 aliphatic carbocycles. The van der Waals surface area contributed by atoms with Crippen LogP contribution in [0.15, 0.2) is 11.8 Å². The molecule has 0 saturated heterocycles. The number of halogens is 2. The molecule has 0 saturated carbocycles. The van der Waals surface area contributed by atoms with E-state index in [2.05, 4.69) is 4.74 Å². The molecular weight excluding hydrogens is 278 g/mol. The smallest absolute Gasteiger partial charge is 0.331 e. The van der Waals surface area contributed by atoms with Gasteiger partial charge in [0, 0.05) is 7.11 Å². The minimum atomic E-state index is -2.02. The molecule has 1 unspecified atom stereocenters. The Kier molecular flexibility index (Phi) is 10.8. The minimum absolute atomic E-state index is 0.210. The van der Waals surface area contributed by atoms with E-state index in [0.717, 1.165) is 0 Å². The molecule has 0 radical (unpaired) electrons. The SMILES string of the molecule is CCC(OCC(=O)OC)C(OCOCCOC)=C(F)F. The molecule has 0 heterocycles. The van der Waals surface area contributed by atoms with Gasteiger partial charge in [0.2, 0.25) is 0 Å². The van der Waals surface area contributed by atoms with Crippen LogP contribution in [0.5, 0.6) is 0 Å². The Morgan fingerprint density at radius 3 is 2.40 bits per heavy atom. The summed E-state index contributed by atoms with van der Waals surface area (Å²) in [6.45, 7) is 1.39. The first-order valence-corrected chi connectivity index (χ1v) is 5.99. The van der Waals surface area contributed by atoms with E-state index in [1.165, 1.54) is 14.2 Å². The highest BCUT2D eigenvalue weighted by atomic mass is 19.3. The summed E-state index contributed by atoms with van der Waals surface area (Å²) in [6.07, 6.45) is -2.84. The Labute approximate surface area is 116 Å². The zero-order chi connectivity index (χ0) is 15.4. The van der Waals surface area contributed by atoms with Crippen LogP contribution in [0.1, 0.15) is 13.3 Å². The van der Waals surface area contributed by atoms with Crippen molar-refractivity contribution >= 4 is 5.97 Å². The van der Waals surface area contributed by atoms with Crippen molar-refractivity contribution in [2.45, 2.75) is 19.4 Å². The zero-order valence-corrected chi connectivity index (χ0v) is 11.8. The first-order valence-electron chi connectivity index (χ1n) is 5.99. The fourth-order valence-electron chi connectivity index (χ4n) is 1.18. The average Bonchev–Trinajstić information content (AvgIpc) is 2.44. The molecule has 0 aromatic rings. The first kappa shape index (κ1) is 18.8. The molecule has 0 fully saturated rings. The largest absolute Gasteiger partial charge is 0.467 e. The van der Waals surface area contributed by atoms with Gasteiger partial charge < -0.3 is 23.7 Å². The summed E-state index contributed by atoms with van der Waals surface area (Å²) < 4.78 is 49.5. The van der Waals surface area contributed by atoms with Crippen LogP contribution in [0.25, 0.3) is 0 Å². The monoisotopic (exact) mass is 298 g/mol. The van der Waals surface area contributed by atoms with Gasteiger partial charge in [-0.1, -0.05) is 6.92 Å². The molecule has 0 rings (SSSR count). The average molecular weight is 298 g/mol. The van der Waals surface area contributed by atoms with E-state index in [1.807, 2.05) is 0 Å². The van der Waals surface area contributed by atoms with Crippen molar-refractivity contribution in [3.05, 3.63) is 11.8 Å². The molecular formula is C12H20F2O6. The van der Waals surface area contributed by atoms with Gasteiger partial charge in [0.25, 0.3) is 0 Å². The maximum atomic E-state index is 12.8. The van der Waals surface area contributed by atoms with E-state index < -0.39 is 30.5 Å². The van der Waals surface area contributed by atoms with Crippen molar-refractivity contribution in [3.8, 4) is 0 Å². The third-order valence-electron chi connectivity index (χ3n) is 2.21. The molecule has 0 spiro atoms. The van der Waals surface area contributed by atoms with Gasteiger partial charge in [0.15, 0.2) is 12.6 Å². The second kappa shape index (κ2) is 11.6. The predicted molar refractivity (Wildman–Crippen MR) is 65.1 cm³/mol. The summed E-state index contributed by atoms with van der Waals surface area (Å²) in [5, 5.41) is 0. The first-order chi connectivity index (χ1) is 9.56. The lowest BCUT2D eigenvalue weighted by Gasteiger charge is -2.18. The fraction of sp³-hybridized carbons (Fsp3) is 0.750. The number of hydrogen-bond acceptors (Lipinski definition) is 6. The molecule has 0 N–H and O–H groups in total. The van der Waals surface area contributed by atoms with Crippen LogP contribution in [-0.4, -0.2) is 52.9 Å². The summed E-state index contributed by atoms with van der Waals surface area (Å²) in [5.41, 5.74) is 0. The molecule has 6 nitrogen and oxygen atoms in total. The number of carbonyl (C=O) groups is 1. The van der Waals surface area contributed by atoms with E-state index >= 15 is 0 Å². The number of rotatable bonds is 11. The van der Waals surface area contributed by atoms with Gasteiger partial charge >= 0.3 is 12.0 Å². The normalized spacial score (nSPS) is 11.8. The van der Waals surface area contributed by atoms with Crippen molar-refractivity contribution in [2.24, 2.45) is 0 Å². The van der Waals surface area contributed by atoms with Gasteiger partial charge in [-0.3, -0.25) is 0 Å². The van der Waals surface area contributed by atoms with Gasteiger partial charge in [-0.2, -0.15) is 8.78 Å². The molecule has 0 aliphatic heterocycles. The van der Waals surface area contributed by atoms with E-state index in [4.69, 9.17) is 18.9 Å². The standard InChI is InChI=1S/C12H20F2O6/c1-4-9(19-7-10(15)17-3)11(12(13)14)20-8-18-6-5-16-2/h9H,4-8H2,1-3H3. The Morgan fingerprint density at radius 2 is 1.90 bits per heavy atom. The maximum Gasteiger partial charge on any atom is 0.331 e. The number of carbonyl (C=O) groups excluding carboxylic acids is 1. The lowest BCUT2D eigenvalue weighted by Crippen LogP contribution is -2.23. The molecule has 0 aromatic heterocycles. The number of methoxy groups -OCH3 is 2. The Balaban J connectivity index is 4.32. The lowest BCUT2D eigenvalue weighted by molar-refractivity contribution is -0.148. The highest BCUT2D eigenvalue weighted by Gasteiger charge is 2.22. The topological polar surface area (TPSA) is 63.2 Å². The molecule has 0 bridgehead atoms. The van der Waals surface area contributed by atoms with Gasteiger partial charge in [0.1, 0.15) is 12.7 Å². The van der Waals surface area contributed by atoms with Crippen molar-refractivity contribution < 1.29 is 37.3 Å². The number of esters is 1. The van der Waals surface area contributed by atoms with Gasteiger partial charge in [-0.05, 0) is 6.42 Å². The van der Waals surface area contributed by atoms with Crippen LogP contribution in [0.2, 0.25) is 0 Å². The Bertz CT molecular complexity index is 304. The predicted octanol–water partition coefficient (Wildman–Crippen LogP) is 1.70. The summed E-state index contributed by atoms with van der Waals surface area (Å²) in [6, 6.07) is 0. The van der Waals surface area contributed by atoms with Gasteiger partial charge in [-0.25, -0.2) is 4.79 Å². The van der Waals surface area contributed by atoms with E-state index in [9.17, 15) is 13.6 Å². The molecule has 1 atom stereocenters. The molecule has 20 heavy (non-hydrogen) atoms. The molecule has 8 heteroatoms. The summed E-state index contributed by atoms with van der Waals surface area (Å²) in [7, 11) is 2.67. The lowest BCUT2D eigenvalue weighted by atomic mass is 10.2. The van der Waals surface area contributed by atoms with Crippen LogP contribution >= 0.6 is 0 Å².